The van der Waals surface area contributed by atoms with Crippen LogP contribution in [-0.4, -0.2) is 38.9 Å². The minimum atomic E-state index is -4.55. The average molecular weight is 717 g/mol. The number of Topliss-reactive ketones (excluding diaryl/α,β-unsaturated/α-hetero) is 1. The Hall–Kier alpha value is -4.33. The molecule has 4 rings (SSSR count). The second-order valence-electron chi connectivity index (χ2n) is 11.1. The molecule has 0 aliphatic carbocycles. The molecule has 2 heterocycles. The van der Waals surface area contributed by atoms with Gasteiger partial charge >= 0.3 is 12.1 Å². The van der Waals surface area contributed by atoms with Gasteiger partial charge < -0.3 is 24.5 Å². The molecule has 0 amide bonds. The van der Waals surface area contributed by atoms with Crippen LogP contribution in [-0.2, 0) is 12.6 Å². The van der Waals surface area contributed by atoms with E-state index in [1.807, 2.05) is 13.0 Å². The number of aromatic carboxylic acids is 1. The number of aliphatic hydroxyl groups excluding tert-OH is 1. The van der Waals surface area contributed by atoms with E-state index in [1.54, 1.807) is 36.4 Å². The number of aromatic hydroxyl groups is 1. The van der Waals surface area contributed by atoms with E-state index >= 15 is 0 Å². The number of carbonyl (C=O) groups is 2. The lowest BCUT2D eigenvalue weighted by Crippen LogP contribution is -2.11. The molecule has 0 bridgehead atoms. The summed E-state index contributed by atoms with van der Waals surface area (Å²) < 4.78 is 51.1. The molecule has 0 aliphatic heterocycles. The van der Waals surface area contributed by atoms with E-state index in [2.05, 4.69) is 0 Å². The van der Waals surface area contributed by atoms with Crippen LogP contribution in [0.25, 0.3) is 11.0 Å². The molecule has 2 atom stereocenters. The maximum atomic E-state index is 13.3. The molecule has 0 saturated heterocycles. The van der Waals surface area contributed by atoms with Gasteiger partial charge in [-0.05, 0) is 75.1 Å². The Kier molecular flexibility index (Phi) is 12.9. The molecular formula is C36H35F3O8S2. The highest BCUT2D eigenvalue weighted by atomic mass is 32.2. The molecule has 0 aliphatic rings. The number of carboxylic acids is 1. The quantitative estimate of drug-likeness (QED) is 0.0450. The molecule has 13 heteroatoms. The lowest BCUT2D eigenvalue weighted by Gasteiger charge is -2.19. The van der Waals surface area contributed by atoms with Gasteiger partial charge in [0.05, 0.1) is 22.8 Å². The largest absolute Gasteiger partial charge is 0.507 e. The van der Waals surface area contributed by atoms with Crippen LogP contribution in [0.15, 0.2) is 86.9 Å². The number of hydrogen-bond acceptors (Lipinski definition) is 9. The van der Waals surface area contributed by atoms with Crippen LogP contribution in [0.2, 0.25) is 0 Å². The summed E-state index contributed by atoms with van der Waals surface area (Å²) in [5.41, 5.74) is 0.372. The molecule has 0 fully saturated rings. The number of benzene rings is 2. The van der Waals surface area contributed by atoms with Crippen molar-refractivity contribution in [3.05, 3.63) is 110 Å². The number of fused-ring (bicyclic) bond motifs is 1. The number of unbranched alkanes of at least 4 members (excludes halogenated alkanes) is 2. The molecule has 49 heavy (non-hydrogen) atoms. The number of phenolic OH excluding ortho intramolecular Hbond substituents is 1. The third-order valence-corrected chi connectivity index (χ3v) is 9.80. The van der Waals surface area contributed by atoms with Crippen molar-refractivity contribution in [1.29, 1.82) is 0 Å². The summed E-state index contributed by atoms with van der Waals surface area (Å²) in [7, 11) is 0. The van der Waals surface area contributed by atoms with Gasteiger partial charge in [0.25, 0.3) is 0 Å². The molecule has 2 unspecified atom stereocenters. The van der Waals surface area contributed by atoms with Gasteiger partial charge in [-0.2, -0.15) is 13.2 Å². The van der Waals surface area contributed by atoms with Gasteiger partial charge in [-0.1, -0.05) is 37.6 Å². The van der Waals surface area contributed by atoms with Crippen LogP contribution in [0.5, 0.6) is 11.5 Å². The number of ketones is 1. The topological polar surface area (TPSA) is 134 Å². The van der Waals surface area contributed by atoms with Crippen molar-refractivity contribution < 1.29 is 47.2 Å². The van der Waals surface area contributed by atoms with Gasteiger partial charge in [-0.3, -0.25) is 9.59 Å². The minimum Gasteiger partial charge on any atom is -0.507 e. The number of phenols is 1. The predicted molar refractivity (Wildman–Crippen MR) is 183 cm³/mol. The van der Waals surface area contributed by atoms with E-state index in [4.69, 9.17) is 9.15 Å². The molecule has 0 radical (unpaired) electrons. The molecule has 2 aromatic heterocycles. The summed E-state index contributed by atoms with van der Waals surface area (Å²) in [6.45, 7) is 3.78. The van der Waals surface area contributed by atoms with Crippen LogP contribution < -0.4 is 10.2 Å². The van der Waals surface area contributed by atoms with Crippen molar-refractivity contribution >= 4 is 45.8 Å². The second-order valence-corrected chi connectivity index (χ2v) is 13.4. The van der Waals surface area contributed by atoms with Crippen LogP contribution in [0.3, 0.4) is 0 Å². The fourth-order valence-corrected chi connectivity index (χ4v) is 7.01. The zero-order chi connectivity index (χ0) is 35.7. The SMILES string of the molecule is CCCc1c(OCCCC/C=C\C=C\C(Sc2ccc3c(=O)cc(C(=O)O)oc3c2)C(O)c2ccc(C(F)(F)F)s2)ccc(C(C)=O)c1O. The average Bonchev–Trinajstić information content (AvgIpc) is 3.56. The third kappa shape index (κ3) is 9.87. The zero-order valence-corrected chi connectivity index (χ0v) is 28.3. The van der Waals surface area contributed by atoms with E-state index < -0.39 is 39.6 Å². The number of carbonyl (C=O) groups excluding carboxylic acids is 1. The highest BCUT2D eigenvalue weighted by molar-refractivity contribution is 8.00. The lowest BCUT2D eigenvalue weighted by molar-refractivity contribution is -0.134. The van der Waals surface area contributed by atoms with Crippen molar-refractivity contribution in [3.8, 4) is 11.5 Å². The van der Waals surface area contributed by atoms with Crippen molar-refractivity contribution in [2.45, 2.75) is 68.4 Å². The Balaban J connectivity index is 1.42. The summed E-state index contributed by atoms with van der Waals surface area (Å²) in [4.78, 5) is 35.3. The third-order valence-electron chi connectivity index (χ3n) is 7.38. The number of rotatable bonds is 16. The number of allylic oxidation sites excluding steroid dienone is 3. The van der Waals surface area contributed by atoms with Gasteiger partial charge in [-0.25, -0.2) is 4.79 Å². The number of aliphatic hydroxyl groups is 1. The Morgan fingerprint density at radius 2 is 1.86 bits per heavy atom. The first-order chi connectivity index (χ1) is 23.3. The molecule has 8 nitrogen and oxygen atoms in total. The van der Waals surface area contributed by atoms with Crippen LogP contribution in [0, 0.1) is 0 Å². The van der Waals surface area contributed by atoms with Gasteiger partial charge in [0.2, 0.25) is 5.76 Å². The standard InChI is InChI=1S/C36H35F3O8S2/c1-3-10-25-27(15-14-23(21(2)40)33(25)42)46-18-9-7-5-4-6-8-11-30(34(43)31-16-17-32(49-31)36(37,38)39)48-22-12-13-24-26(41)20-29(35(44)45)47-28(24)19-22/h4,6,8,11-17,19-20,30,34,42-43H,3,5,7,9-10,18H2,1-2H3,(H,44,45)/b6-4-,11-8+. The monoisotopic (exact) mass is 716 g/mol. The maximum Gasteiger partial charge on any atom is 0.425 e. The predicted octanol–water partition coefficient (Wildman–Crippen LogP) is 8.99. The Morgan fingerprint density at radius 3 is 2.53 bits per heavy atom. The van der Waals surface area contributed by atoms with Gasteiger partial charge in [0, 0.05) is 21.4 Å². The van der Waals surface area contributed by atoms with Crippen molar-refractivity contribution in [3.63, 3.8) is 0 Å². The smallest absolute Gasteiger partial charge is 0.425 e. The number of halogens is 3. The van der Waals surface area contributed by atoms with Crippen molar-refractivity contribution in [1.82, 2.24) is 0 Å². The molecule has 260 valence electrons. The minimum absolute atomic E-state index is 0.0259. The molecule has 0 saturated carbocycles. The lowest BCUT2D eigenvalue weighted by atomic mass is 10.0. The number of thioether (sulfide) groups is 1. The van der Waals surface area contributed by atoms with Crippen molar-refractivity contribution in [2.24, 2.45) is 0 Å². The number of thiophene rings is 1. The number of alkyl halides is 3. The Bertz CT molecular complexity index is 1910. The highest BCUT2D eigenvalue weighted by Gasteiger charge is 2.34. The fourth-order valence-electron chi connectivity index (χ4n) is 4.93. The summed E-state index contributed by atoms with van der Waals surface area (Å²) in [5.74, 6) is -1.65. The fraction of sp³-hybridized carbons (Fsp3) is 0.306. The van der Waals surface area contributed by atoms with E-state index in [0.717, 1.165) is 36.7 Å². The van der Waals surface area contributed by atoms with Gasteiger partial charge in [-0.15, -0.1) is 23.1 Å². The normalized spacial score (nSPS) is 13.3. The van der Waals surface area contributed by atoms with E-state index in [1.165, 1.54) is 25.1 Å². The van der Waals surface area contributed by atoms with Crippen LogP contribution in [0.4, 0.5) is 13.2 Å². The zero-order valence-electron chi connectivity index (χ0n) is 26.7. The summed E-state index contributed by atoms with van der Waals surface area (Å²) >= 11 is 1.57. The van der Waals surface area contributed by atoms with E-state index in [9.17, 15) is 42.9 Å². The summed E-state index contributed by atoms with van der Waals surface area (Å²) in [6, 6.07) is 10.8. The Labute approximate surface area is 288 Å². The summed E-state index contributed by atoms with van der Waals surface area (Å²) in [5, 5.41) is 30.3. The van der Waals surface area contributed by atoms with Gasteiger partial charge in [0.15, 0.2) is 11.2 Å². The van der Waals surface area contributed by atoms with E-state index in [-0.39, 0.29) is 32.9 Å². The summed E-state index contributed by atoms with van der Waals surface area (Å²) in [6.07, 6.45) is 4.70. The highest BCUT2D eigenvalue weighted by Crippen LogP contribution is 2.41. The Morgan fingerprint density at radius 1 is 1.08 bits per heavy atom. The van der Waals surface area contributed by atoms with Crippen molar-refractivity contribution in [2.75, 3.05) is 6.61 Å². The first kappa shape index (κ1) is 37.5. The number of ether oxygens (including phenoxy) is 1. The number of carboxylic acid groups (broad SMARTS) is 1. The van der Waals surface area contributed by atoms with Gasteiger partial charge in [0.1, 0.15) is 28.1 Å². The second kappa shape index (κ2) is 16.9. The first-order valence-electron chi connectivity index (χ1n) is 15.4. The maximum absolute atomic E-state index is 13.3. The van der Waals surface area contributed by atoms with Crippen LogP contribution in [0.1, 0.15) is 81.9 Å². The molecule has 4 aromatic rings. The molecule has 0 spiro atoms. The molecule has 2 aromatic carbocycles. The number of hydrogen-bond donors (Lipinski definition) is 3. The van der Waals surface area contributed by atoms with E-state index in [0.29, 0.717) is 53.4 Å². The first-order valence-corrected chi connectivity index (χ1v) is 17.1. The van der Waals surface area contributed by atoms with Crippen LogP contribution >= 0.6 is 23.1 Å². The molecule has 3 N–H and O–H groups in total. The molecular weight excluding hydrogens is 682 g/mol.